The molecule has 0 saturated heterocycles. The van der Waals surface area contributed by atoms with Gasteiger partial charge in [-0.25, -0.2) is 4.79 Å². The molecule has 0 rings (SSSR count). The van der Waals surface area contributed by atoms with Gasteiger partial charge in [-0.05, 0) is 6.42 Å². The summed E-state index contributed by atoms with van der Waals surface area (Å²) in [5.41, 5.74) is 0. The number of carbonyl (C=O) groups is 3. The van der Waals surface area contributed by atoms with Gasteiger partial charge in [-0.15, -0.1) is 0 Å². The number of esters is 1. The van der Waals surface area contributed by atoms with E-state index in [1.54, 1.807) is 0 Å². The molecule has 17 nitrogen and oxygen atoms in total. The second kappa shape index (κ2) is 42.4. The number of hydrogen-bond acceptors (Lipinski definition) is 15. The Balaban J connectivity index is 3.13. The topological polar surface area (TPSA) is 194 Å². The average Bonchev–Trinajstić information content (AvgIpc) is 3.11. The molecule has 0 aromatic heterocycles. The Labute approximate surface area is 303 Å². The van der Waals surface area contributed by atoms with Crippen LogP contribution < -0.4 is 5.32 Å². The summed E-state index contributed by atoms with van der Waals surface area (Å²) in [5, 5.41) is 11.0. The van der Waals surface area contributed by atoms with E-state index in [1.807, 2.05) is 0 Å². The van der Waals surface area contributed by atoms with Gasteiger partial charge in [-0.1, -0.05) is 32.6 Å². The first-order valence-electron chi connectivity index (χ1n) is 18.1. The van der Waals surface area contributed by atoms with E-state index in [-0.39, 0.29) is 19.2 Å². The predicted molar refractivity (Wildman–Crippen MR) is 184 cm³/mol. The van der Waals surface area contributed by atoms with Crippen LogP contribution in [0, 0.1) is 0 Å². The van der Waals surface area contributed by atoms with Crippen molar-refractivity contribution in [1.82, 2.24) is 5.32 Å². The molecule has 1 amide bonds. The Morgan fingerprint density at radius 2 is 0.784 bits per heavy atom. The lowest BCUT2D eigenvalue weighted by molar-refractivity contribution is -0.146. The monoisotopic (exact) mass is 743 g/mol. The Hall–Kier alpha value is -2.03. The van der Waals surface area contributed by atoms with Crippen LogP contribution in [0.2, 0.25) is 0 Å². The van der Waals surface area contributed by atoms with Crippen molar-refractivity contribution in [2.24, 2.45) is 0 Å². The van der Waals surface area contributed by atoms with Gasteiger partial charge in [0.15, 0.2) is 0 Å². The van der Waals surface area contributed by atoms with Crippen molar-refractivity contribution in [2.45, 2.75) is 45.4 Å². The minimum atomic E-state index is -1.13. The van der Waals surface area contributed by atoms with Gasteiger partial charge in [-0.3, -0.25) is 9.59 Å². The number of amides is 1. The van der Waals surface area contributed by atoms with Crippen LogP contribution in [0.3, 0.4) is 0 Å². The van der Waals surface area contributed by atoms with Gasteiger partial charge in [0.1, 0.15) is 19.8 Å². The van der Waals surface area contributed by atoms with Crippen LogP contribution in [0.25, 0.3) is 0 Å². The number of carboxylic acid groups (broad SMARTS) is 1. The summed E-state index contributed by atoms with van der Waals surface area (Å²) in [4.78, 5) is 33.3. The third-order valence-corrected chi connectivity index (χ3v) is 6.35. The minimum absolute atomic E-state index is 0.156. The van der Waals surface area contributed by atoms with Gasteiger partial charge in [0.25, 0.3) is 0 Å². The number of carboxylic acids is 1. The van der Waals surface area contributed by atoms with Crippen LogP contribution in [0.1, 0.15) is 45.4 Å². The number of ether oxygens (including phenoxy) is 12. The van der Waals surface area contributed by atoms with E-state index in [1.165, 1.54) is 19.3 Å². The van der Waals surface area contributed by atoms with Gasteiger partial charge in [-0.2, -0.15) is 0 Å². The smallest absolute Gasteiger partial charge is 0.329 e. The molecule has 0 heterocycles. The molecule has 0 bridgehead atoms. The lowest BCUT2D eigenvalue weighted by Gasteiger charge is -2.09. The molecule has 0 aromatic carbocycles. The van der Waals surface area contributed by atoms with Gasteiger partial charge in [0.05, 0.1) is 132 Å². The SMILES string of the molecule is CCCCCCCC(=O)OCCOCCOCCOCCOCCOCCOCCOCCOCCOCCOCCNC(=O)COCC(=O)O. The highest BCUT2D eigenvalue weighted by Gasteiger charge is 2.04. The Kier molecular flexibility index (Phi) is 40.7. The normalized spacial score (nSPS) is 11.2. The molecule has 0 aliphatic carbocycles. The molecule has 17 heteroatoms. The highest BCUT2D eigenvalue weighted by Crippen LogP contribution is 2.05. The van der Waals surface area contributed by atoms with Crippen LogP contribution in [-0.4, -0.2) is 181 Å². The first kappa shape index (κ1) is 49.0. The van der Waals surface area contributed by atoms with E-state index in [0.29, 0.717) is 145 Å². The molecule has 0 fully saturated rings. The summed E-state index contributed by atoms with van der Waals surface area (Å²) in [5.74, 6) is -1.68. The average molecular weight is 744 g/mol. The molecular weight excluding hydrogens is 678 g/mol. The fourth-order valence-corrected chi connectivity index (χ4v) is 3.79. The van der Waals surface area contributed by atoms with Crippen molar-refractivity contribution in [3.8, 4) is 0 Å². The summed E-state index contributed by atoms with van der Waals surface area (Å²) >= 11 is 0. The van der Waals surface area contributed by atoms with Crippen LogP contribution in [0.15, 0.2) is 0 Å². The summed E-state index contributed by atoms with van der Waals surface area (Å²) in [6, 6.07) is 0. The molecule has 0 saturated carbocycles. The van der Waals surface area contributed by atoms with Gasteiger partial charge >= 0.3 is 11.9 Å². The lowest BCUT2D eigenvalue weighted by Crippen LogP contribution is -2.31. The maximum atomic E-state index is 11.6. The molecule has 0 radical (unpaired) electrons. The number of carbonyl (C=O) groups excluding carboxylic acids is 2. The van der Waals surface area contributed by atoms with Crippen molar-refractivity contribution >= 4 is 17.8 Å². The summed E-state index contributed by atoms with van der Waals surface area (Å²) in [6.07, 6.45) is 6.03. The fraction of sp³-hybridized carbons (Fsp3) is 0.912. The van der Waals surface area contributed by atoms with Crippen molar-refractivity contribution in [1.29, 1.82) is 0 Å². The molecule has 0 unspecified atom stereocenters. The maximum Gasteiger partial charge on any atom is 0.329 e. The van der Waals surface area contributed by atoms with E-state index in [4.69, 9.17) is 57.2 Å². The van der Waals surface area contributed by atoms with Gasteiger partial charge in [0.2, 0.25) is 5.91 Å². The molecular formula is C34H65NO16. The lowest BCUT2D eigenvalue weighted by atomic mass is 10.1. The van der Waals surface area contributed by atoms with Crippen molar-refractivity contribution in [3.63, 3.8) is 0 Å². The number of hydrogen-bond donors (Lipinski definition) is 2. The molecule has 302 valence electrons. The van der Waals surface area contributed by atoms with Gasteiger partial charge < -0.3 is 67.3 Å². The van der Waals surface area contributed by atoms with Crippen molar-refractivity contribution in [3.05, 3.63) is 0 Å². The Morgan fingerprint density at radius 3 is 1.16 bits per heavy atom. The van der Waals surface area contributed by atoms with E-state index >= 15 is 0 Å². The quantitative estimate of drug-likeness (QED) is 0.0669. The fourth-order valence-electron chi connectivity index (χ4n) is 3.79. The van der Waals surface area contributed by atoms with Crippen LogP contribution >= 0.6 is 0 Å². The third-order valence-electron chi connectivity index (χ3n) is 6.35. The number of aliphatic carboxylic acids is 1. The number of rotatable bonds is 43. The Morgan fingerprint density at radius 1 is 0.431 bits per heavy atom. The summed E-state index contributed by atoms with van der Waals surface area (Å²) < 4.78 is 64.1. The van der Waals surface area contributed by atoms with Crippen molar-refractivity contribution in [2.75, 3.05) is 159 Å². The van der Waals surface area contributed by atoms with Gasteiger partial charge in [0, 0.05) is 13.0 Å². The number of nitrogens with one attached hydrogen (secondary N) is 1. The van der Waals surface area contributed by atoms with E-state index in [9.17, 15) is 14.4 Å². The number of unbranched alkanes of at least 4 members (excludes halogenated alkanes) is 4. The van der Waals surface area contributed by atoms with Crippen LogP contribution in [0.5, 0.6) is 0 Å². The zero-order chi connectivity index (χ0) is 37.1. The Bertz CT molecular complexity index is 764. The summed E-state index contributed by atoms with van der Waals surface area (Å²) in [7, 11) is 0. The zero-order valence-electron chi connectivity index (χ0n) is 30.8. The van der Waals surface area contributed by atoms with Crippen LogP contribution in [0.4, 0.5) is 0 Å². The minimum Gasteiger partial charge on any atom is -0.480 e. The molecule has 0 aliphatic rings. The standard InChI is InChI=1S/C34H65NO16/c1-2-3-4-5-6-7-34(39)51-29-28-49-27-26-48-25-24-47-23-22-46-21-20-45-19-18-44-17-16-43-15-14-42-13-12-41-11-10-40-9-8-35-32(36)30-50-31-33(37)38/h2-31H2,1H3,(H,35,36)(H,37,38). The largest absolute Gasteiger partial charge is 0.480 e. The predicted octanol–water partition coefficient (Wildman–Crippen LogP) is 1.27. The summed E-state index contributed by atoms with van der Waals surface area (Å²) in [6.45, 7) is 10.8. The highest BCUT2D eigenvalue weighted by atomic mass is 16.6. The third kappa shape index (κ3) is 44.1. The second-order valence-corrected chi connectivity index (χ2v) is 10.7. The first-order valence-corrected chi connectivity index (χ1v) is 18.1. The molecule has 51 heavy (non-hydrogen) atoms. The molecule has 0 atom stereocenters. The molecule has 2 N–H and O–H groups in total. The molecule has 0 spiro atoms. The van der Waals surface area contributed by atoms with E-state index < -0.39 is 18.5 Å². The van der Waals surface area contributed by atoms with Crippen LogP contribution in [-0.2, 0) is 71.2 Å². The maximum absolute atomic E-state index is 11.6. The van der Waals surface area contributed by atoms with E-state index in [2.05, 4.69) is 17.0 Å². The zero-order valence-corrected chi connectivity index (χ0v) is 30.8. The van der Waals surface area contributed by atoms with E-state index in [0.717, 1.165) is 12.8 Å². The highest BCUT2D eigenvalue weighted by molar-refractivity contribution is 5.77. The molecule has 0 aromatic rings. The van der Waals surface area contributed by atoms with Crippen molar-refractivity contribution < 1.29 is 76.3 Å². The second-order valence-electron chi connectivity index (χ2n) is 10.7. The first-order chi connectivity index (χ1) is 25.1. The molecule has 0 aliphatic heterocycles.